The van der Waals surface area contributed by atoms with Gasteiger partial charge in [0.25, 0.3) is 0 Å². The molecule has 3 heteroatoms. The molecule has 14 heavy (non-hydrogen) atoms. The highest BCUT2D eigenvalue weighted by atomic mass is 16.5. The first-order chi connectivity index (χ1) is 6.59. The Kier molecular flexibility index (Phi) is 6.72. The number of carbonyl (C=O) groups excluding carboxylic acids is 2. The molecule has 0 aromatic carbocycles. The third-order valence-electron chi connectivity index (χ3n) is 1.91. The van der Waals surface area contributed by atoms with E-state index in [0.717, 1.165) is 12.8 Å². The summed E-state index contributed by atoms with van der Waals surface area (Å²) in [6.45, 7) is 5.28. The van der Waals surface area contributed by atoms with Gasteiger partial charge in [0.1, 0.15) is 18.3 Å². The number of Topliss-reactive ketones (excluding diaryl/α,β-unsaturated/α-hetero) is 1. The Bertz CT molecular complexity index is 219. The minimum Gasteiger partial charge on any atom is -0.461 e. The van der Waals surface area contributed by atoms with Crippen LogP contribution in [-0.4, -0.2) is 18.4 Å². The van der Waals surface area contributed by atoms with E-state index in [1.807, 2.05) is 6.08 Å². The largest absolute Gasteiger partial charge is 0.461 e. The number of allylic oxidation sites excluding steroid dienone is 1. The molecule has 0 bridgehead atoms. The van der Waals surface area contributed by atoms with Crippen LogP contribution in [-0.2, 0) is 14.3 Å². The molecule has 3 nitrogen and oxygen atoms in total. The summed E-state index contributed by atoms with van der Waals surface area (Å²) in [5, 5.41) is 0. The molecule has 0 aliphatic rings. The normalized spacial score (nSPS) is 12.8. The van der Waals surface area contributed by atoms with E-state index in [9.17, 15) is 9.59 Å². The Morgan fingerprint density at radius 1 is 1.36 bits per heavy atom. The zero-order chi connectivity index (χ0) is 11.0. The number of hydrogen-bond donors (Lipinski definition) is 0. The summed E-state index contributed by atoms with van der Waals surface area (Å²) in [4.78, 5) is 21.9. The SMILES string of the molecule is CCCC=CCOC(=O)C(C)C(C)=O. The maximum atomic E-state index is 11.1. The summed E-state index contributed by atoms with van der Waals surface area (Å²) < 4.78 is 4.87. The molecule has 1 atom stereocenters. The lowest BCUT2D eigenvalue weighted by Crippen LogP contribution is -2.21. The molecule has 0 rings (SSSR count). The van der Waals surface area contributed by atoms with Crippen molar-refractivity contribution in [2.24, 2.45) is 5.92 Å². The van der Waals surface area contributed by atoms with E-state index < -0.39 is 11.9 Å². The Morgan fingerprint density at radius 3 is 2.50 bits per heavy atom. The second-order valence-electron chi connectivity index (χ2n) is 3.22. The van der Waals surface area contributed by atoms with Gasteiger partial charge in [-0.3, -0.25) is 9.59 Å². The van der Waals surface area contributed by atoms with Crippen molar-refractivity contribution in [1.82, 2.24) is 0 Å². The maximum Gasteiger partial charge on any atom is 0.316 e. The molecule has 0 N–H and O–H groups in total. The van der Waals surface area contributed by atoms with Gasteiger partial charge in [0.15, 0.2) is 0 Å². The van der Waals surface area contributed by atoms with Gasteiger partial charge in [-0.05, 0) is 20.3 Å². The molecule has 0 amide bonds. The van der Waals surface area contributed by atoms with Crippen LogP contribution in [0.25, 0.3) is 0 Å². The van der Waals surface area contributed by atoms with E-state index in [0.29, 0.717) is 0 Å². The van der Waals surface area contributed by atoms with E-state index in [1.54, 1.807) is 13.0 Å². The number of ketones is 1. The molecule has 0 aliphatic heterocycles. The lowest BCUT2D eigenvalue weighted by molar-refractivity contribution is -0.149. The highest BCUT2D eigenvalue weighted by Gasteiger charge is 2.18. The van der Waals surface area contributed by atoms with Gasteiger partial charge in [0.2, 0.25) is 0 Å². The van der Waals surface area contributed by atoms with Gasteiger partial charge in [-0.25, -0.2) is 0 Å². The second kappa shape index (κ2) is 7.30. The molecule has 0 saturated heterocycles. The van der Waals surface area contributed by atoms with Crippen LogP contribution in [0.2, 0.25) is 0 Å². The molecular formula is C11H18O3. The Morgan fingerprint density at radius 2 is 2.00 bits per heavy atom. The maximum absolute atomic E-state index is 11.1. The van der Waals surface area contributed by atoms with Crippen LogP contribution in [0.4, 0.5) is 0 Å². The van der Waals surface area contributed by atoms with Crippen LogP contribution < -0.4 is 0 Å². The fraction of sp³-hybridized carbons (Fsp3) is 0.636. The van der Waals surface area contributed by atoms with Crippen LogP contribution >= 0.6 is 0 Å². The number of esters is 1. The zero-order valence-corrected chi connectivity index (χ0v) is 9.08. The average Bonchev–Trinajstić information content (AvgIpc) is 2.16. The van der Waals surface area contributed by atoms with Crippen molar-refractivity contribution in [2.45, 2.75) is 33.6 Å². The molecule has 0 aromatic rings. The van der Waals surface area contributed by atoms with E-state index >= 15 is 0 Å². The van der Waals surface area contributed by atoms with Crippen molar-refractivity contribution in [2.75, 3.05) is 6.61 Å². The van der Waals surface area contributed by atoms with E-state index in [-0.39, 0.29) is 12.4 Å². The molecule has 0 aromatic heterocycles. The zero-order valence-electron chi connectivity index (χ0n) is 9.08. The van der Waals surface area contributed by atoms with Gasteiger partial charge in [-0.1, -0.05) is 25.5 Å². The molecule has 0 fully saturated rings. The third-order valence-corrected chi connectivity index (χ3v) is 1.91. The smallest absolute Gasteiger partial charge is 0.316 e. The van der Waals surface area contributed by atoms with E-state index in [4.69, 9.17) is 4.74 Å². The summed E-state index contributed by atoms with van der Waals surface area (Å²) in [5.74, 6) is -1.25. The number of rotatable bonds is 6. The van der Waals surface area contributed by atoms with Crippen LogP contribution in [0.5, 0.6) is 0 Å². The van der Waals surface area contributed by atoms with Gasteiger partial charge >= 0.3 is 5.97 Å². The molecule has 0 spiro atoms. The number of hydrogen-bond acceptors (Lipinski definition) is 3. The lowest BCUT2D eigenvalue weighted by Gasteiger charge is -2.05. The Balaban J connectivity index is 3.69. The Labute approximate surface area is 85.1 Å². The minimum absolute atomic E-state index is 0.160. The molecule has 1 unspecified atom stereocenters. The molecule has 0 heterocycles. The summed E-state index contributed by atoms with van der Waals surface area (Å²) in [5.41, 5.74) is 0. The number of ether oxygens (including phenoxy) is 1. The predicted molar refractivity (Wildman–Crippen MR) is 54.9 cm³/mol. The number of unbranched alkanes of at least 4 members (excludes halogenated alkanes) is 1. The molecule has 0 radical (unpaired) electrons. The fourth-order valence-corrected chi connectivity index (χ4v) is 0.774. The molecule has 80 valence electrons. The summed E-state index contributed by atoms with van der Waals surface area (Å²) in [6.07, 6.45) is 5.83. The molecule has 0 aliphatic carbocycles. The van der Waals surface area contributed by atoms with Crippen LogP contribution in [0, 0.1) is 5.92 Å². The van der Waals surface area contributed by atoms with Gasteiger partial charge in [0.05, 0.1) is 0 Å². The van der Waals surface area contributed by atoms with Crippen molar-refractivity contribution in [3.63, 3.8) is 0 Å². The van der Waals surface area contributed by atoms with Crippen molar-refractivity contribution in [3.8, 4) is 0 Å². The van der Waals surface area contributed by atoms with Crippen LogP contribution in [0.3, 0.4) is 0 Å². The highest BCUT2D eigenvalue weighted by Crippen LogP contribution is 2.00. The van der Waals surface area contributed by atoms with Crippen molar-refractivity contribution < 1.29 is 14.3 Å². The monoisotopic (exact) mass is 198 g/mol. The lowest BCUT2D eigenvalue weighted by atomic mass is 10.1. The second-order valence-corrected chi connectivity index (χ2v) is 3.22. The molecular weight excluding hydrogens is 180 g/mol. The topological polar surface area (TPSA) is 43.4 Å². The van der Waals surface area contributed by atoms with Crippen molar-refractivity contribution >= 4 is 11.8 Å². The standard InChI is InChI=1S/C11H18O3/c1-4-5-6-7-8-14-11(13)9(2)10(3)12/h6-7,9H,4-5,8H2,1-3H3. The first kappa shape index (κ1) is 12.9. The van der Waals surface area contributed by atoms with Crippen molar-refractivity contribution in [3.05, 3.63) is 12.2 Å². The van der Waals surface area contributed by atoms with Crippen LogP contribution in [0.15, 0.2) is 12.2 Å². The minimum atomic E-state index is -0.644. The van der Waals surface area contributed by atoms with Crippen molar-refractivity contribution in [1.29, 1.82) is 0 Å². The van der Waals surface area contributed by atoms with Gasteiger partial charge < -0.3 is 4.74 Å². The quantitative estimate of drug-likeness (QED) is 0.373. The fourth-order valence-electron chi connectivity index (χ4n) is 0.774. The first-order valence-electron chi connectivity index (χ1n) is 4.91. The van der Waals surface area contributed by atoms with Gasteiger partial charge in [0, 0.05) is 0 Å². The first-order valence-corrected chi connectivity index (χ1v) is 4.91. The van der Waals surface area contributed by atoms with Crippen LogP contribution in [0.1, 0.15) is 33.6 Å². The molecule has 0 saturated carbocycles. The predicted octanol–water partition coefficient (Wildman–Crippen LogP) is 2.11. The number of carbonyl (C=O) groups is 2. The summed E-state index contributed by atoms with van der Waals surface area (Å²) in [7, 11) is 0. The van der Waals surface area contributed by atoms with E-state index in [1.165, 1.54) is 6.92 Å². The summed E-state index contributed by atoms with van der Waals surface area (Å²) in [6, 6.07) is 0. The summed E-state index contributed by atoms with van der Waals surface area (Å²) >= 11 is 0. The third kappa shape index (κ3) is 5.51. The average molecular weight is 198 g/mol. The van der Waals surface area contributed by atoms with E-state index in [2.05, 4.69) is 6.92 Å². The van der Waals surface area contributed by atoms with Gasteiger partial charge in [-0.2, -0.15) is 0 Å². The highest BCUT2D eigenvalue weighted by molar-refractivity contribution is 5.97. The Hall–Kier alpha value is -1.12. The van der Waals surface area contributed by atoms with Gasteiger partial charge in [-0.15, -0.1) is 0 Å².